The summed E-state index contributed by atoms with van der Waals surface area (Å²) in [6.45, 7) is 0. The number of anilines is 1. The molecule has 0 unspecified atom stereocenters. The summed E-state index contributed by atoms with van der Waals surface area (Å²) in [4.78, 5) is 1.85. The number of halogens is 4. The number of nitrogens with zero attached hydrogens (tertiary/aromatic N) is 3. The molecule has 0 saturated heterocycles. The summed E-state index contributed by atoms with van der Waals surface area (Å²) >= 11 is 25.4. The zero-order valence-corrected chi connectivity index (χ0v) is 17.3. The Morgan fingerprint density at radius 3 is 1.93 bits per heavy atom. The normalized spacial score (nSPS) is 12.5. The smallest absolute Gasteiger partial charge is 0.139 e. The van der Waals surface area contributed by atoms with E-state index >= 15 is 0 Å². The predicted octanol–water partition coefficient (Wildman–Crippen LogP) is 6.69. The molecule has 0 fully saturated rings. The van der Waals surface area contributed by atoms with Crippen molar-refractivity contribution in [1.29, 1.82) is 10.5 Å². The van der Waals surface area contributed by atoms with Crippen molar-refractivity contribution in [2.75, 3.05) is 19.0 Å². The third-order valence-electron chi connectivity index (χ3n) is 4.21. The van der Waals surface area contributed by atoms with E-state index in [0.29, 0.717) is 31.8 Å². The van der Waals surface area contributed by atoms with Gasteiger partial charge in [-0.15, -0.1) is 0 Å². The van der Waals surface area contributed by atoms with E-state index in [4.69, 9.17) is 46.4 Å². The maximum atomic E-state index is 9.19. The first kappa shape index (κ1) is 19.6. The molecule has 1 aliphatic carbocycles. The van der Waals surface area contributed by atoms with Crippen molar-refractivity contribution >= 4 is 62.7 Å². The van der Waals surface area contributed by atoms with E-state index in [2.05, 4.69) is 0 Å². The van der Waals surface area contributed by atoms with Crippen LogP contribution in [0.5, 0.6) is 0 Å². The van der Waals surface area contributed by atoms with Crippen LogP contribution in [-0.2, 0) is 0 Å². The first-order valence-corrected chi connectivity index (χ1v) is 9.23. The minimum Gasteiger partial charge on any atom is -0.375 e. The van der Waals surface area contributed by atoms with E-state index in [1.807, 2.05) is 55.4 Å². The summed E-state index contributed by atoms with van der Waals surface area (Å²) in [5.41, 5.74) is 3.97. The number of nitriles is 2. The molecule has 0 saturated carbocycles. The molecular weight excluding hydrogens is 424 g/mol. The van der Waals surface area contributed by atoms with Gasteiger partial charge in [0.1, 0.15) is 17.7 Å². The van der Waals surface area contributed by atoms with Crippen molar-refractivity contribution in [3.05, 3.63) is 62.1 Å². The third-order valence-corrected chi connectivity index (χ3v) is 5.65. The maximum absolute atomic E-state index is 9.19. The number of rotatable bonds is 2. The van der Waals surface area contributed by atoms with Crippen LogP contribution in [0.2, 0.25) is 10.0 Å². The monoisotopic (exact) mass is 433 g/mol. The molecule has 0 spiro atoms. The molecular formula is C20H11Cl4N3. The highest BCUT2D eigenvalue weighted by Crippen LogP contribution is 2.48. The number of fused-ring (bicyclic) bond motifs is 1. The molecule has 0 heterocycles. The van der Waals surface area contributed by atoms with E-state index in [0.717, 1.165) is 16.8 Å². The van der Waals surface area contributed by atoms with Crippen LogP contribution in [0.25, 0.3) is 21.7 Å². The fraction of sp³-hybridized carbons (Fsp3) is 0.100. The molecule has 0 aliphatic heterocycles. The molecule has 0 N–H and O–H groups in total. The zero-order chi connectivity index (χ0) is 19.9. The second-order valence-electron chi connectivity index (χ2n) is 6.04. The van der Waals surface area contributed by atoms with Crippen LogP contribution < -0.4 is 4.90 Å². The number of allylic oxidation sites excluding steroid dienone is 3. The predicted molar refractivity (Wildman–Crippen MR) is 113 cm³/mol. The molecule has 2 aromatic rings. The van der Waals surface area contributed by atoms with Gasteiger partial charge in [-0.3, -0.25) is 0 Å². The Labute approximate surface area is 177 Å². The Hall–Kier alpha value is -2.14. The number of hydrogen-bond acceptors (Lipinski definition) is 3. The van der Waals surface area contributed by atoms with Gasteiger partial charge in [-0.25, -0.2) is 0 Å². The van der Waals surface area contributed by atoms with Gasteiger partial charge in [0.05, 0.1) is 25.8 Å². The fourth-order valence-electron chi connectivity index (χ4n) is 3.01. The lowest BCUT2D eigenvalue weighted by Crippen LogP contribution is -2.09. The van der Waals surface area contributed by atoms with Gasteiger partial charge < -0.3 is 4.90 Å². The van der Waals surface area contributed by atoms with Crippen LogP contribution in [0, 0.1) is 22.7 Å². The van der Waals surface area contributed by atoms with Crippen LogP contribution in [-0.4, -0.2) is 14.1 Å². The lowest BCUT2D eigenvalue weighted by atomic mass is 9.97. The van der Waals surface area contributed by atoms with Gasteiger partial charge in [0, 0.05) is 25.2 Å². The van der Waals surface area contributed by atoms with Gasteiger partial charge in [-0.2, -0.15) is 10.5 Å². The van der Waals surface area contributed by atoms with E-state index in [9.17, 15) is 10.5 Å². The van der Waals surface area contributed by atoms with Crippen LogP contribution in [0.4, 0.5) is 5.69 Å². The quantitative estimate of drug-likeness (QED) is 0.494. The first-order chi connectivity index (χ1) is 12.8. The number of hydrogen-bond donors (Lipinski definition) is 0. The molecule has 0 aromatic heterocycles. The van der Waals surface area contributed by atoms with Crippen molar-refractivity contribution in [3.8, 4) is 23.3 Å². The van der Waals surface area contributed by atoms with Crippen molar-refractivity contribution < 1.29 is 0 Å². The summed E-state index contributed by atoms with van der Waals surface area (Å²) in [7, 11) is 3.73. The number of benzene rings is 2. The Morgan fingerprint density at radius 1 is 0.815 bits per heavy atom. The van der Waals surface area contributed by atoms with Crippen molar-refractivity contribution in [3.63, 3.8) is 0 Å². The van der Waals surface area contributed by atoms with E-state index in [1.165, 1.54) is 0 Å². The average molecular weight is 435 g/mol. The fourth-order valence-corrected chi connectivity index (χ4v) is 4.38. The standard InChI is InChI=1S/C20H11Cl4N3/c1-27(2)20-15(21)6-11(7-16(20)22)10-3-4-13-14(5-10)18(23)19(24)17(13)12(8-25)9-26/h3-7H,1-2H3. The third kappa shape index (κ3) is 3.29. The SMILES string of the molecule is CN(C)c1c(Cl)cc(-c2ccc3c(c2)C(Cl)=C(Cl)C3=C(C#N)C#N)cc1Cl. The van der Waals surface area contributed by atoms with Crippen LogP contribution in [0.1, 0.15) is 11.1 Å². The minimum absolute atomic E-state index is 0.0777. The highest BCUT2D eigenvalue weighted by atomic mass is 35.5. The second-order valence-corrected chi connectivity index (χ2v) is 7.62. The van der Waals surface area contributed by atoms with E-state index in [1.54, 1.807) is 6.07 Å². The molecule has 3 nitrogen and oxygen atoms in total. The van der Waals surface area contributed by atoms with E-state index in [-0.39, 0.29) is 10.6 Å². The van der Waals surface area contributed by atoms with Gasteiger partial charge in [0.25, 0.3) is 0 Å². The van der Waals surface area contributed by atoms with Gasteiger partial charge in [0.15, 0.2) is 0 Å². The maximum Gasteiger partial charge on any atom is 0.139 e. The molecule has 2 aromatic carbocycles. The summed E-state index contributed by atoms with van der Waals surface area (Å²) in [6.07, 6.45) is 0. The Bertz CT molecular complexity index is 1080. The molecule has 0 bridgehead atoms. The van der Waals surface area contributed by atoms with Crippen molar-refractivity contribution in [2.45, 2.75) is 0 Å². The molecule has 0 atom stereocenters. The largest absolute Gasteiger partial charge is 0.375 e. The lowest BCUT2D eigenvalue weighted by molar-refractivity contribution is 1.13. The molecule has 134 valence electrons. The second kappa shape index (κ2) is 7.47. The Kier molecular flexibility index (Phi) is 5.43. The Morgan fingerprint density at radius 2 is 1.41 bits per heavy atom. The molecule has 0 amide bonds. The van der Waals surface area contributed by atoms with E-state index < -0.39 is 0 Å². The van der Waals surface area contributed by atoms with Crippen LogP contribution in [0.15, 0.2) is 40.9 Å². The summed E-state index contributed by atoms with van der Waals surface area (Å²) in [5, 5.41) is 19.9. The molecule has 27 heavy (non-hydrogen) atoms. The molecule has 1 aliphatic rings. The Balaban J connectivity index is 2.19. The topological polar surface area (TPSA) is 50.8 Å². The molecule has 7 heteroatoms. The van der Waals surface area contributed by atoms with Gasteiger partial charge in [0.2, 0.25) is 0 Å². The highest BCUT2D eigenvalue weighted by Gasteiger charge is 2.28. The first-order valence-electron chi connectivity index (χ1n) is 7.71. The van der Waals surface area contributed by atoms with Crippen molar-refractivity contribution in [1.82, 2.24) is 0 Å². The van der Waals surface area contributed by atoms with Gasteiger partial charge in [-0.05, 0) is 34.9 Å². The summed E-state index contributed by atoms with van der Waals surface area (Å²) in [6, 6.07) is 12.9. The van der Waals surface area contributed by atoms with Crippen LogP contribution >= 0.6 is 46.4 Å². The van der Waals surface area contributed by atoms with Gasteiger partial charge in [-0.1, -0.05) is 58.5 Å². The molecule has 0 radical (unpaired) electrons. The molecule has 3 rings (SSSR count). The lowest BCUT2D eigenvalue weighted by Gasteiger charge is -2.17. The van der Waals surface area contributed by atoms with Crippen LogP contribution in [0.3, 0.4) is 0 Å². The minimum atomic E-state index is -0.0777. The van der Waals surface area contributed by atoms with Gasteiger partial charge >= 0.3 is 0 Å². The summed E-state index contributed by atoms with van der Waals surface area (Å²) < 4.78 is 0. The highest BCUT2D eigenvalue weighted by molar-refractivity contribution is 6.59. The van der Waals surface area contributed by atoms with Crippen molar-refractivity contribution in [2.24, 2.45) is 0 Å². The zero-order valence-electron chi connectivity index (χ0n) is 14.2. The summed E-state index contributed by atoms with van der Waals surface area (Å²) in [5.74, 6) is 0. The average Bonchev–Trinajstić information content (AvgIpc) is 2.87.